The number of aromatic hydroxyl groups is 1. The number of carboxylic acid groups (broad SMARTS) is 1. The standard InChI is InChI=1S/C25H39N5O7/c1-5-14(4)21(27)24(35)29-17(10-13(2)3)22(33)28-18(11-15-6-8-16(31)9-7-15)23(34)30-19(25(36)37)12-20(26)32/h6-9,13-14,17-19,21,31H,5,10-12,27H2,1-4H3,(H2,26,32)(H,28,33)(H,29,35)(H,30,34)(H,36,37). The van der Waals surface area contributed by atoms with Crippen molar-refractivity contribution in [2.24, 2.45) is 23.3 Å². The average molecular weight is 522 g/mol. The first-order valence-corrected chi connectivity index (χ1v) is 12.2. The number of amides is 4. The van der Waals surface area contributed by atoms with Crippen molar-refractivity contribution >= 4 is 29.6 Å². The van der Waals surface area contributed by atoms with Crippen molar-refractivity contribution < 1.29 is 34.2 Å². The summed E-state index contributed by atoms with van der Waals surface area (Å²) < 4.78 is 0. The molecule has 1 aromatic rings. The van der Waals surface area contributed by atoms with E-state index in [1.807, 2.05) is 27.7 Å². The third-order valence-corrected chi connectivity index (χ3v) is 5.93. The fraction of sp³-hybridized carbons (Fsp3) is 0.560. The van der Waals surface area contributed by atoms with Crippen LogP contribution in [0.2, 0.25) is 0 Å². The molecule has 12 nitrogen and oxygen atoms in total. The number of phenols is 1. The molecule has 0 saturated carbocycles. The number of phenolic OH excluding ortho intramolecular Hbond substituents is 1. The SMILES string of the molecule is CCC(C)C(N)C(=O)NC(CC(C)C)C(=O)NC(Cc1ccc(O)cc1)C(=O)NC(CC(N)=O)C(=O)O. The van der Waals surface area contributed by atoms with Gasteiger partial charge in [-0.1, -0.05) is 46.2 Å². The van der Waals surface area contributed by atoms with Crippen molar-refractivity contribution in [3.63, 3.8) is 0 Å². The van der Waals surface area contributed by atoms with E-state index in [0.29, 0.717) is 12.0 Å². The van der Waals surface area contributed by atoms with Gasteiger partial charge in [0.05, 0.1) is 12.5 Å². The quantitative estimate of drug-likeness (QED) is 0.163. The molecule has 0 heterocycles. The van der Waals surface area contributed by atoms with Gasteiger partial charge in [-0.15, -0.1) is 0 Å². The molecule has 0 spiro atoms. The lowest BCUT2D eigenvalue weighted by Crippen LogP contribution is -2.58. The van der Waals surface area contributed by atoms with Crippen LogP contribution >= 0.6 is 0 Å². The lowest BCUT2D eigenvalue weighted by atomic mass is 9.97. The Kier molecular flexibility index (Phi) is 12.5. The predicted molar refractivity (Wildman–Crippen MR) is 136 cm³/mol. The van der Waals surface area contributed by atoms with E-state index in [9.17, 15) is 34.2 Å². The molecule has 0 aromatic heterocycles. The minimum atomic E-state index is -1.59. The zero-order chi connectivity index (χ0) is 28.3. The molecule has 206 valence electrons. The highest BCUT2D eigenvalue weighted by molar-refractivity contribution is 5.95. The summed E-state index contributed by atoms with van der Waals surface area (Å²) in [6.45, 7) is 7.45. The first-order chi connectivity index (χ1) is 17.2. The van der Waals surface area contributed by atoms with Crippen LogP contribution in [0.1, 0.15) is 52.5 Å². The lowest BCUT2D eigenvalue weighted by molar-refractivity contribution is -0.143. The van der Waals surface area contributed by atoms with Crippen LogP contribution in [0.3, 0.4) is 0 Å². The monoisotopic (exact) mass is 521 g/mol. The number of nitrogens with two attached hydrogens (primary N) is 2. The number of hydrogen-bond donors (Lipinski definition) is 7. The van der Waals surface area contributed by atoms with E-state index >= 15 is 0 Å². The number of aliphatic carboxylic acids is 1. The molecule has 4 amide bonds. The van der Waals surface area contributed by atoms with Gasteiger partial charge in [0.25, 0.3) is 0 Å². The summed E-state index contributed by atoms with van der Waals surface area (Å²) in [5, 5.41) is 26.4. The molecule has 0 fully saturated rings. The van der Waals surface area contributed by atoms with Crippen LogP contribution in [0.15, 0.2) is 24.3 Å². The van der Waals surface area contributed by atoms with Gasteiger partial charge in [-0.2, -0.15) is 0 Å². The highest BCUT2D eigenvalue weighted by atomic mass is 16.4. The van der Waals surface area contributed by atoms with Gasteiger partial charge in [0, 0.05) is 6.42 Å². The van der Waals surface area contributed by atoms with Crippen molar-refractivity contribution in [1.82, 2.24) is 16.0 Å². The smallest absolute Gasteiger partial charge is 0.326 e. The van der Waals surface area contributed by atoms with E-state index < -0.39 is 60.2 Å². The van der Waals surface area contributed by atoms with Crippen LogP contribution in [-0.4, -0.2) is 64.0 Å². The van der Waals surface area contributed by atoms with Crippen molar-refractivity contribution in [2.45, 2.75) is 77.5 Å². The van der Waals surface area contributed by atoms with Gasteiger partial charge in [0.1, 0.15) is 23.9 Å². The zero-order valence-electron chi connectivity index (χ0n) is 21.7. The molecule has 0 aliphatic heterocycles. The normalized spacial score (nSPS) is 15.1. The van der Waals surface area contributed by atoms with Crippen molar-refractivity contribution in [3.05, 3.63) is 29.8 Å². The molecule has 12 heteroatoms. The van der Waals surface area contributed by atoms with Crippen molar-refractivity contribution in [1.29, 1.82) is 0 Å². The Morgan fingerprint density at radius 1 is 0.865 bits per heavy atom. The molecular formula is C25H39N5O7. The van der Waals surface area contributed by atoms with Gasteiger partial charge >= 0.3 is 5.97 Å². The maximum Gasteiger partial charge on any atom is 0.326 e. The second-order valence-electron chi connectivity index (χ2n) is 9.60. The number of benzene rings is 1. The highest BCUT2D eigenvalue weighted by Gasteiger charge is 2.32. The maximum atomic E-state index is 13.3. The zero-order valence-corrected chi connectivity index (χ0v) is 21.7. The predicted octanol–water partition coefficient (Wildman–Crippen LogP) is -0.231. The van der Waals surface area contributed by atoms with Crippen molar-refractivity contribution in [2.75, 3.05) is 0 Å². The molecule has 0 radical (unpaired) electrons. The minimum Gasteiger partial charge on any atom is -0.508 e. The first kappa shape index (κ1) is 31.4. The van der Waals surface area contributed by atoms with E-state index in [1.165, 1.54) is 12.1 Å². The fourth-order valence-electron chi connectivity index (χ4n) is 3.51. The average Bonchev–Trinajstić information content (AvgIpc) is 2.82. The molecule has 9 N–H and O–H groups in total. The van der Waals surface area contributed by atoms with Crippen LogP contribution in [-0.2, 0) is 30.4 Å². The van der Waals surface area contributed by atoms with Gasteiger partial charge in [-0.3, -0.25) is 19.2 Å². The van der Waals surface area contributed by atoms with E-state index in [0.717, 1.165) is 0 Å². The molecule has 0 bridgehead atoms. The Morgan fingerprint density at radius 2 is 1.38 bits per heavy atom. The van der Waals surface area contributed by atoms with Gasteiger partial charge in [-0.25, -0.2) is 4.79 Å². The number of rotatable bonds is 15. The van der Waals surface area contributed by atoms with Crippen LogP contribution in [0.25, 0.3) is 0 Å². The third-order valence-electron chi connectivity index (χ3n) is 5.93. The summed E-state index contributed by atoms with van der Waals surface area (Å²) >= 11 is 0. The molecular weight excluding hydrogens is 482 g/mol. The molecule has 1 aromatic carbocycles. The Bertz CT molecular complexity index is 951. The van der Waals surface area contributed by atoms with Gasteiger partial charge in [0.2, 0.25) is 23.6 Å². The molecule has 5 unspecified atom stereocenters. The molecule has 0 aliphatic rings. The topological polar surface area (TPSA) is 214 Å². The second kappa shape index (κ2) is 14.8. The van der Waals surface area contributed by atoms with Crippen LogP contribution in [0.4, 0.5) is 0 Å². The van der Waals surface area contributed by atoms with Crippen LogP contribution in [0, 0.1) is 11.8 Å². The number of nitrogens with one attached hydrogen (secondary N) is 3. The number of primary amides is 1. The Morgan fingerprint density at radius 3 is 1.86 bits per heavy atom. The van der Waals surface area contributed by atoms with Crippen LogP contribution < -0.4 is 27.4 Å². The van der Waals surface area contributed by atoms with Gasteiger partial charge in [-0.05, 0) is 36.0 Å². The Balaban J connectivity index is 3.19. The number of carboxylic acids is 1. The van der Waals surface area contributed by atoms with Crippen LogP contribution in [0.5, 0.6) is 5.75 Å². The minimum absolute atomic E-state index is 0.00135. The molecule has 0 saturated heterocycles. The largest absolute Gasteiger partial charge is 0.508 e. The van der Waals surface area contributed by atoms with Gasteiger partial charge < -0.3 is 37.6 Å². The Hall–Kier alpha value is -3.67. The number of carbonyl (C=O) groups excluding carboxylic acids is 4. The molecule has 1 rings (SSSR count). The third kappa shape index (κ3) is 10.9. The molecule has 0 aliphatic carbocycles. The first-order valence-electron chi connectivity index (χ1n) is 12.2. The lowest BCUT2D eigenvalue weighted by Gasteiger charge is -2.27. The fourth-order valence-corrected chi connectivity index (χ4v) is 3.51. The van der Waals surface area contributed by atoms with E-state index in [2.05, 4.69) is 16.0 Å². The second-order valence-corrected chi connectivity index (χ2v) is 9.60. The number of hydrogen-bond acceptors (Lipinski definition) is 7. The van der Waals surface area contributed by atoms with E-state index in [1.54, 1.807) is 12.1 Å². The van der Waals surface area contributed by atoms with E-state index in [-0.39, 0.29) is 30.4 Å². The summed E-state index contributed by atoms with van der Waals surface area (Å²) in [4.78, 5) is 61.7. The molecule has 37 heavy (non-hydrogen) atoms. The summed E-state index contributed by atoms with van der Waals surface area (Å²) in [7, 11) is 0. The number of carbonyl (C=O) groups is 5. The van der Waals surface area contributed by atoms with Crippen molar-refractivity contribution in [3.8, 4) is 5.75 Å². The summed E-state index contributed by atoms with van der Waals surface area (Å²) in [6.07, 6.45) is 0.230. The Labute approximate surface area is 216 Å². The van der Waals surface area contributed by atoms with E-state index in [4.69, 9.17) is 11.5 Å². The highest BCUT2D eigenvalue weighted by Crippen LogP contribution is 2.13. The molecule has 5 atom stereocenters. The maximum absolute atomic E-state index is 13.3. The summed E-state index contributed by atoms with van der Waals surface area (Å²) in [5.74, 6) is -4.52. The van der Waals surface area contributed by atoms with Gasteiger partial charge in [0.15, 0.2) is 0 Å². The summed E-state index contributed by atoms with van der Waals surface area (Å²) in [5.41, 5.74) is 11.7. The summed E-state index contributed by atoms with van der Waals surface area (Å²) in [6, 6.07) is 1.20.